The Balaban J connectivity index is 2.71. The number of methoxy groups -OCH3 is 1. The summed E-state index contributed by atoms with van der Waals surface area (Å²) < 4.78 is 18.9. The summed E-state index contributed by atoms with van der Waals surface area (Å²) in [7, 11) is 3.32. The highest BCUT2D eigenvalue weighted by Gasteiger charge is 2.13. The Hall–Kier alpha value is -1.08. The first kappa shape index (κ1) is 16.0. The fraction of sp³-hybridized carbons (Fsp3) is 0.462. The Kier molecular flexibility index (Phi) is 6.30. The Labute approximate surface area is 118 Å². The molecule has 0 saturated carbocycles. The molecule has 0 radical (unpaired) electrons. The molecule has 1 atom stereocenters. The molecular weight excluding hydrogens is 267 g/mol. The van der Waals surface area contributed by atoms with Crippen molar-refractivity contribution >= 4 is 17.2 Å². The highest BCUT2D eigenvalue weighted by atomic mass is 32.1. The summed E-state index contributed by atoms with van der Waals surface area (Å²) >= 11 is 4.79. The summed E-state index contributed by atoms with van der Waals surface area (Å²) in [6, 6.07) is 4.95. The molecule has 0 bridgehead atoms. The molecule has 0 aromatic heterocycles. The number of thiocarbonyl (C=S) groups is 1. The standard InChI is InChI=1S/C13H19FN2O2S/c1-16(7-10(17)8-18-2)6-9-4-3-5-11(12(9)14)13(15)19/h3-5,10,17H,6-8H2,1-2H3,(H2,15,19). The highest BCUT2D eigenvalue weighted by molar-refractivity contribution is 7.80. The van der Waals surface area contributed by atoms with Gasteiger partial charge in [-0.25, -0.2) is 4.39 Å². The van der Waals surface area contributed by atoms with E-state index in [4.69, 9.17) is 22.7 Å². The van der Waals surface area contributed by atoms with Gasteiger partial charge in [-0.05, 0) is 13.1 Å². The molecule has 19 heavy (non-hydrogen) atoms. The summed E-state index contributed by atoms with van der Waals surface area (Å²) in [6.07, 6.45) is -0.600. The Morgan fingerprint density at radius 3 is 2.84 bits per heavy atom. The summed E-state index contributed by atoms with van der Waals surface area (Å²) in [4.78, 5) is 1.85. The number of hydrogen-bond acceptors (Lipinski definition) is 4. The van der Waals surface area contributed by atoms with E-state index in [-0.39, 0.29) is 17.2 Å². The quantitative estimate of drug-likeness (QED) is 0.729. The van der Waals surface area contributed by atoms with E-state index in [0.717, 1.165) is 0 Å². The van der Waals surface area contributed by atoms with Crippen molar-refractivity contribution in [1.82, 2.24) is 4.90 Å². The second kappa shape index (κ2) is 7.49. The number of aliphatic hydroxyl groups is 1. The van der Waals surface area contributed by atoms with Gasteiger partial charge in [-0.15, -0.1) is 0 Å². The lowest BCUT2D eigenvalue weighted by Crippen LogP contribution is -2.32. The molecule has 106 valence electrons. The van der Waals surface area contributed by atoms with Gasteiger partial charge in [-0.2, -0.15) is 0 Å². The first-order chi connectivity index (χ1) is 8.95. The predicted molar refractivity (Wildman–Crippen MR) is 76.5 cm³/mol. The van der Waals surface area contributed by atoms with E-state index in [0.29, 0.717) is 18.7 Å². The number of aliphatic hydroxyl groups excluding tert-OH is 1. The van der Waals surface area contributed by atoms with Crippen molar-refractivity contribution in [2.24, 2.45) is 5.73 Å². The molecule has 0 aliphatic carbocycles. The Bertz CT molecular complexity index is 443. The average molecular weight is 286 g/mol. The van der Waals surface area contributed by atoms with E-state index >= 15 is 0 Å². The van der Waals surface area contributed by atoms with E-state index in [9.17, 15) is 9.50 Å². The van der Waals surface area contributed by atoms with Crippen molar-refractivity contribution in [3.63, 3.8) is 0 Å². The highest BCUT2D eigenvalue weighted by Crippen LogP contribution is 2.14. The fourth-order valence-corrected chi connectivity index (χ4v) is 2.01. The second-order valence-electron chi connectivity index (χ2n) is 4.45. The maximum atomic E-state index is 14.1. The van der Waals surface area contributed by atoms with E-state index in [1.54, 1.807) is 25.2 Å². The van der Waals surface area contributed by atoms with Crippen LogP contribution in [0.25, 0.3) is 0 Å². The maximum absolute atomic E-state index is 14.1. The molecule has 0 saturated heterocycles. The molecule has 4 nitrogen and oxygen atoms in total. The molecule has 0 fully saturated rings. The number of nitrogens with two attached hydrogens (primary N) is 1. The van der Waals surface area contributed by atoms with Crippen LogP contribution >= 0.6 is 12.2 Å². The van der Waals surface area contributed by atoms with Gasteiger partial charge in [-0.3, -0.25) is 4.90 Å². The van der Waals surface area contributed by atoms with Crippen LogP contribution in [-0.4, -0.2) is 48.4 Å². The van der Waals surface area contributed by atoms with Crippen LogP contribution in [0.1, 0.15) is 11.1 Å². The van der Waals surface area contributed by atoms with Gasteiger partial charge >= 0.3 is 0 Å². The molecule has 0 aliphatic rings. The minimum absolute atomic E-state index is 0.0430. The smallest absolute Gasteiger partial charge is 0.137 e. The number of nitrogens with zero attached hydrogens (tertiary/aromatic N) is 1. The summed E-state index contributed by atoms with van der Waals surface area (Å²) in [6.45, 7) is 1.01. The molecule has 0 aliphatic heterocycles. The normalized spacial score (nSPS) is 12.7. The van der Waals surface area contributed by atoms with Gasteiger partial charge in [0.1, 0.15) is 10.8 Å². The van der Waals surface area contributed by atoms with Crippen LogP contribution < -0.4 is 5.73 Å². The topological polar surface area (TPSA) is 58.7 Å². The zero-order valence-corrected chi connectivity index (χ0v) is 11.9. The maximum Gasteiger partial charge on any atom is 0.137 e. The predicted octanol–water partition coefficient (Wildman–Crippen LogP) is 0.899. The molecule has 1 aromatic rings. The van der Waals surface area contributed by atoms with E-state index in [1.807, 2.05) is 4.90 Å². The van der Waals surface area contributed by atoms with Gasteiger partial charge in [0, 0.05) is 31.3 Å². The zero-order valence-electron chi connectivity index (χ0n) is 11.1. The summed E-state index contributed by atoms with van der Waals surface area (Å²) in [5.41, 5.74) is 6.20. The van der Waals surface area contributed by atoms with E-state index < -0.39 is 11.9 Å². The third-order valence-corrected chi connectivity index (χ3v) is 2.89. The van der Waals surface area contributed by atoms with E-state index in [2.05, 4.69) is 0 Å². The van der Waals surface area contributed by atoms with Crippen LogP contribution in [0.2, 0.25) is 0 Å². The van der Waals surface area contributed by atoms with Crippen LogP contribution in [0.4, 0.5) is 4.39 Å². The number of rotatable bonds is 7. The monoisotopic (exact) mass is 286 g/mol. The lowest BCUT2D eigenvalue weighted by molar-refractivity contribution is 0.0417. The summed E-state index contributed by atoms with van der Waals surface area (Å²) in [5, 5.41) is 9.61. The van der Waals surface area contributed by atoms with Crippen molar-refractivity contribution in [2.45, 2.75) is 12.6 Å². The largest absolute Gasteiger partial charge is 0.389 e. The van der Waals surface area contributed by atoms with Crippen molar-refractivity contribution in [3.8, 4) is 0 Å². The van der Waals surface area contributed by atoms with Gasteiger partial charge < -0.3 is 15.6 Å². The molecule has 3 N–H and O–H groups in total. The van der Waals surface area contributed by atoms with Crippen LogP contribution in [0.3, 0.4) is 0 Å². The summed E-state index contributed by atoms with van der Waals surface area (Å²) in [5.74, 6) is -0.400. The minimum atomic E-state index is -0.600. The molecule has 1 rings (SSSR count). The Morgan fingerprint density at radius 1 is 1.58 bits per heavy atom. The Morgan fingerprint density at radius 2 is 2.26 bits per heavy atom. The van der Waals surface area contributed by atoms with Gasteiger partial charge in [0.05, 0.1) is 12.7 Å². The van der Waals surface area contributed by atoms with Crippen molar-refractivity contribution in [1.29, 1.82) is 0 Å². The van der Waals surface area contributed by atoms with Crippen molar-refractivity contribution in [3.05, 3.63) is 35.1 Å². The third kappa shape index (κ3) is 4.83. The molecule has 0 heterocycles. The molecule has 0 amide bonds. The zero-order chi connectivity index (χ0) is 14.4. The van der Waals surface area contributed by atoms with Crippen LogP contribution in [0.15, 0.2) is 18.2 Å². The molecule has 6 heteroatoms. The first-order valence-corrected chi connectivity index (χ1v) is 6.29. The van der Waals surface area contributed by atoms with Gasteiger partial charge in [0.15, 0.2) is 0 Å². The number of ether oxygens (including phenoxy) is 1. The third-order valence-electron chi connectivity index (χ3n) is 2.67. The second-order valence-corrected chi connectivity index (χ2v) is 4.89. The number of hydrogen-bond donors (Lipinski definition) is 2. The lowest BCUT2D eigenvalue weighted by atomic mass is 10.1. The fourth-order valence-electron chi connectivity index (χ4n) is 1.85. The SMILES string of the molecule is COCC(O)CN(C)Cc1cccc(C(N)=S)c1F. The van der Waals surface area contributed by atoms with Gasteiger partial charge in [-0.1, -0.05) is 24.4 Å². The lowest BCUT2D eigenvalue weighted by Gasteiger charge is -2.20. The number of halogens is 1. The first-order valence-electron chi connectivity index (χ1n) is 5.88. The average Bonchev–Trinajstić information content (AvgIpc) is 2.31. The van der Waals surface area contributed by atoms with Crippen LogP contribution in [0, 0.1) is 5.82 Å². The number of benzene rings is 1. The number of likely N-dealkylation sites (N-methyl/N-ethyl adjacent to an activating group) is 1. The van der Waals surface area contributed by atoms with Crippen molar-refractivity contribution < 1.29 is 14.2 Å². The molecule has 1 unspecified atom stereocenters. The molecule has 0 spiro atoms. The minimum Gasteiger partial charge on any atom is -0.389 e. The van der Waals surface area contributed by atoms with Gasteiger partial charge in [0.25, 0.3) is 0 Å². The molecular formula is C13H19FN2O2S. The van der Waals surface area contributed by atoms with Crippen molar-refractivity contribution in [2.75, 3.05) is 27.3 Å². The van der Waals surface area contributed by atoms with Crippen LogP contribution in [0.5, 0.6) is 0 Å². The van der Waals surface area contributed by atoms with Gasteiger partial charge in [0.2, 0.25) is 0 Å². The van der Waals surface area contributed by atoms with Crippen LogP contribution in [-0.2, 0) is 11.3 Å². The molecule has 1 aromatic carbocycles. The van der Waals surface area contributed by atoms with E-state index in [1.165, 1.54) is 7.11 Å².